The second kappa shape index (κ2) is 7.73. The van der Waals surface area contributed by atoms with Gasteiger partial charge >= 0.3 is 0 Å². The molecule has 0 heterocycles. The summed E-state index contributed by atoms with van der Waals surface area (Å²) in [5.41, 5.74) is 1.03. The molecule has 0 N–H and O–H groups in total. The third-order valence-electron chi connectivity index (χ3n) is 4.36. The van der Waals surface area contributed by atoms with Gasteiger partial charge in [0, 0.05) is 5.88 Å². The van der Waals surface area contributed by atoms with E-state index in [9.17, 15) is 0 Å². The number of benzene rings is 1. The monoisotopic (exact) mass is 374 g/mol. The average Bonchev–Trinajstić information content (AvgIpc) is 2.46. The van der Waals surface area contributed by atoms with Crippen LogP contribution < -0.4 is 9.47 Å². The number of alkyl halides is 1. The van der Waals surface area contributed by atoms with Crippen LogP contribution in [0, 0.1) is 11.8 Å². The summed E-state index contributed by atoms with van der Waals surface area (Å²) >= 11 is 9.53. The molecule has 1 aromatic rings. The lowest BCUT2D eigenvalue weighted by Crippen LogP contribution is -2.29. The van der Waals surface area contributed by atoms with E-state index in [2.05, 4.69) is 29.8 Å². The topological polar surface area (TPSA) is 18.5 Å². The highest BCUT2D eigenvalue weighted by molar-refractivity contribution is 9.10. The summed E-state index contributed by atoms with van der Waals surface area (Å²) < 4.78 is 12.9. The second-order valence-electron chi connectivity index (χ2n) is 5.98. The van der Waals surface area contributed by atoms with Gasteiger partial charge in [0.05, 0.1) is 17.2 Å². The molecule has 1 aromatic carbocycles. The van der Waals surface area contributed by atoms with Crippen LogP contribution in [0.1, 0.15) is 45.6 Å². The summed E-state index contributed by atoms with van der Waals surface area (Å²) in [6.45, 7) is 7.25. The zero-order valence-electron chi connectivity index (χ0n) is 13.0. The smallest absolute Gasteiger partial charge is 0.175 e. The Labute approximate surface area is 141 Å². The molecule has 21 heavy (non-hydrogen) atoms. The van der Waals surface area contributed by atoms with E-state index in [-0.39, 0.29) is 6.10 Å². The predicted molar refractivity (Wildman–Crippen MR) is 91.5 cm³/mol. The van der Waals surface area contributed by atoms with Gasteiger partial charge in [-0.05, 0) is 71.6 Å². The number of rotatable bonds is 5. The van der Waals surface area contributed by atoms with Crippen molar-refractivity contribution in [1.82, 2.24) is 0 Å². The normalized spacial score (nSPS) is 25.7. The van der Waals surface area contributed by atoms with E-state index in [0.717, 1.165) is 40.3 Å². The van der Waals surface area contributed by atoms with Crippen molar-refractivity contribution in [2.24, 2.45) is 11.8 Å². The van der Waals surface area contributed by atoms with E-state index in [1.54, 1.807) is 0 Å². The number of hydrogen-bond acceptors (Lipinski definition) is 2. The lowest BCUT2D eigenvalue weighted by molar-refractivity contribution is 0.0961. The molecule has 0 aromatic heterocycles. The second-order valence-corrected chi connectivity index (χ2v) is 7.10. The van der Waals surface area contributed by atoms with Crippen LogP contribution in [0.15, 0.2) is 16.6 Å². The first-order valence-electron chi connectivity index (χ1n) is 7.73. The summed E-state index contributed by atoms with van der Waals surface area (Å²) in [5.74, 6) is 3.57. The van der Waals surface area contributed by atoms with Gasteiger partial charge in [-0.25, -0.2) is 0 Å². The Morgan fingerprint density at radius 2 is 2.00 bits per heavy atom. The number of hydrogen-bond donors (Lipinski definition) is 0. The molecule has 2 rings (SSSR count). The van der Waals surface area contributed by atoms with Crippen LogP contribution in [0.5, 0.6) is 11.5 Å². The molecular weight excluding hydrogens is 352 g/mol. The zero-order chi connectivity index (χ0) is 15.4. The maximum atomic E-state index is 6.27. The SMILES string of the molecule is CCOc1cc(CCl)cc(Br)c1OC1CCC(C)C(C)C1. The highest BCUT2D eigenvalue weighted by atomic mass is 79.9. The van der Waals surface area contributed by atoms with Crippen LogP contribution in [0.25, 0.3) is 0 Å². The van der Waals surface area contributed by atoms with E-state index < -0.39 is 0 Å². The van der Waals surface area contributed by atoms with Gasteiger partial charge in [-0.1, -0.05) is 13.8 Å². The van der Waals surface area contributed by atoms with Crippen LogP contribution in [0.4, 0.5) is 0 Å². The fraction of sp³-hybridized carbons (Fsp3) is 0.647. The first-order chi connectivity index (χ1) is 10.0. The van der Waals surface area contributed by atoms with Crippen molar-refractivity contribution in [2.75, 3.05) is 6.61 Å². The van der Waals surface area contributed by atoms with Crippen molar-refractivity contribution in [3.8, 4) is 11.5 Å². The van der Waals surface area contributed by atoms with E-state index in [1.807, 2.05) is 19.1 Å². The molecule has 0 aliphatic heterocycles. The van der Waals surface area contributed by atoms with E-state index in [1.165, 1.54) is 6.42 Å². The Hall–Kier alpha value is -0.410. The summed E-state index contributed by atoms with van der Waals surface area (Å²) in [6.07, 6.45) is 3.72. The maximum absolute atomic E-state index is 6.27. The minimum atomic E-state index is 0.272. The molecule has 3 unspecified atom stereocenters. The molecule has 0 amide bonds. The van der Waals surface area contributed by atoms with Crippen LogP contribution >= 0.6 is 27.5 Å². The summed E-state index contributed by atoms with van der Waals surface area (Å²) in [7, 11) is 0. The fourth-order valence-electron chi connectivity index (χ4n) is 2.85. The van der Waals surface area contributed by atoms with Gasteiger partial charge < -0.3 is 9.47 Å². The van der Waals surface area contributed by atoms with Gasteiger partial charge in [-0.15, -0.1) is 11.6 Å². The molecule has 1 fully saturated rings. The molecule has 2 nitrogen and oxygen atoms in total. The standard InChI is InChI=1S/C17H24BrClO2/c1-4-20-16-9-13(10-19)8-15(18)17(16)21-14-6-5-11(2)12(3)7-14/h8-9,11-12,14H,4-7,10H2,1-3H3. The average molecular weight is 376 g/mol. The Morgan fingerprint density at radius 1 is 1.24 bits per heavy atom. The number of halogens is 2. The van der Waals surface area contributed by atoms with E-state index >= 15 is 0 Å². The highest BCUT2D eigenvalue weighted by Crippen LogP contribution is 2.40. The predicted octanol–water partition coefficient (Wildman–Crippen LogP) is 5.79. The maximum Gasteiger partial charge on any atom is 0.175 e. The van der Waals surface area contributed by atoms with Gasteiger partial charge in [-0.2, -0.15) is 0 Å². The third-order valence-corrected chi connectivity index (χ3v) is 5.26. The summed E-state index contributed by atoms with van der Waals surface area (Å²) in [6, 6.07) is 3.99. The molecule has 0 bridgehead atoms. The van der Waals surface area contributed by atoms with Crippen molar-refractivity contribution in [3.05, 3.63) is 22.2 Å². The van der Waals surface area contributed by atoms with Crippen LogP contribution in [0.2, 0.25) is 0 Å². The van der Waals surface area contributed by atoms with E-state index in [0.29, 0.717) is 18.4 Å². The summed E-state index contributed by atoms with van der Waals surface area (Å²) in [4.78, 5) is 0. The molecule has 1 aliphatic carbocycles. The summed E-state index contributed by atoms with van der Waals surface area (Å²) in [5, 5.41) is 0. The van der Waals surface area contributed by atoms with Crippen molar-refractivity contribution < 1.29 is 9.47 Å². The van der Waals surface area contributed by atoms with E-state index in [4.69, 9.17) is 21.1 Å². The molecule has 1 aliphatic rings. The fourth-order valence-corrected chi connectivity index (χ4v) is 3.58. The van der Waals surface area contributed by atoms with Gasteiger partial charge in [0.2, 0.25) is 0 Å². The Balaban J connectivity index is 2.18. The lowest BCUT2D eigenvalue weighted by atomic mass is 9.80. The molecular formula is C17H24BrClO2. The number of ether oxygens (including phenoxy) is 2. The molecule has 0 spiro atoms. The van der Waals surface area contributed by atoms with Crippen molar-refractivity contribution in [3.63, 3.8) is 0 Å². The molecule has 0 radical (unpaired) electrons. The first kappa shape index (κ1) is 17.0. The van der Waals surface area contributed by atoms with Gasteiger partial charge in [-0.3, -0.25) is 0 Å². The van der Waals surface area contributed by atoms with Crippen LogP contribution in [-0.4, -0.2) is 12.7 Å². The van der Waals surface area contributed by atoms with Crippen LogP contribution in [0.3, 0.4) is 0 Å². The Morgan fingerprint density at radius 3 is 2.62 bits per heavy atom. The van der Waals surface area contributed by atoms with Gasteiger partial charge in [0.25, 0.3) is 0 Å². The molecule has 1 saturated carbocycles. The minimum Gasteiger partial charge on any atom is -0.490 e. The van der Waals surface area contributed by atoms with Crippen molar-refractivity contribution >= 4 is 27.5 Å². The largest absolute Gasteiger partial charge is 0.490 e. The quantitative estimate of drug-likeness (QED) is 0.606. The minimum absolute atomic E-state index is 0.272. The molecule has 0 saturated heterocycles. The highest BCUT2D eigenvalue weighted by Gasteiger charge is 2.27. The van der Waals surface area contributed by atoms with Gasteiger partial charge in [0.15, 0.2) is 11.5 Å². The van der Waals surface area contributed by atoms with Crippen molar-refractivity contribution in [2.45, 2.75) is 52.0 Å². The molecule has 3 atom stereocenters. The Bertz CT molecular complexity index is 478. The lowest BCUT2D eigenvalue weighted by Gasteiger charge is -2.32. The zero-order valence-corrected chi connectivity index (χ0v) is 15.3. The molecule has 4 heteroatoms. The first-order valence-corrected chi connectivity index (χ1v) is 9.05. The van der Waals surface area contributed by atoms with Gasteiger partial charge in [0.1, 0.15) is 0 Å². The Kier molecular flexibility index (Phi) is 6.24. The third kappa shape index (κ3) is 4.29. The van der Waals surface area contributed by atoms with Crippen LogP contribution in [-0.2, 0) is 5.88 Å². The molecule has 118 valence electrons. The van der Waals surface area contributed by atoms with Crippen molar-refractivity contribution in [1.29, 1.82) is 0 Å².